The molecule has 0 N–H and O–H groups in total. The van der Waals surface area contributed by atoms with Crippen molar-refractivity contribution in [2.75, 3.05) is 7.11 Å². The fraction of sp³-hybridized carbons (Fsp3) is 0.200. The lowest BCUT2D eigenvalue weighted by Crippen LogP contribution is -1.99. The van der Waals surface area contributed by atoms with E-state index in [-0.39, 0.29) is 0 Å². The van der Waals surface area contributed by atoms with Crippen molar-refractivity contribution in [2.24, 2.45) is 0 Å². The van der Waals surface area contributed by atoms with Gasteiger partial charge in [0.05, 0.1) is 7.11 Å². The third kappa shape index (κ3) is 3.38. The molecule has 2 nitrogen and oxygen atoms in total. The van der Waals surface area contributed by atoms with E-state index in [0.717, 1.165) is 17.1 Å². The van der Waals surface area contributed by atoms with Gasteiger partial charge in [0.25, 0.3) is 0 Å². The maximum Gasteiger partial charge on any atom is 0.125 e. The Morgan fingerprint density at radius 1 is 1.11 bits per heavy atom. The standard InChI is InChI=1S/C15H15IO2/c1-11-6-7-15(17-2)12(8-11)10-18-14-5-3-4-13(16)9-14/h3-9H,10H2,1-2H3. The summed E-state index contributed by atoms with van der Waals surface area (Å²) in [6.07, 6.45) is 0. The third-order valence-corrected chi connectivity index (χ3v) is 3.30. The highest BCUT2D eigenvalue weighted by Gasteiger charge is 2.04. The minimum absolute atomic E-state index is 0.519. The second kappa shape index (κ2) is 6.09. The van der Waals surface area contributed by atoms with Gasteiger partial charge in [0.1, 0.15) is 18.1 Å². The van der Waals surface area contributed by atoms with Gasteiger partial charge in [0.2, 0.25) is 0 Å². The first-order valence-corrected chi connectivity index (χ1v) is 6.79. The molecule has 2 aromatic rings. The molecule has 0 unspecified atom stereocenters. The zero-order valence-corrected chi connectivity index (χ0v) is 12.6. The highest BCUT2D eigenvalue weighted by molar-refractivity contribution is 14.1. The van der Waals surface area contributed by atoms with E-state index in [1.807, 2.05) is 36.4 Å². The van der Waals surface area contributed by atoms with Crippen molar-refractivity contribution >= 4 is 22.6 Å². The molecule has 2 rings (SSSR count). The largest absolute Gasteiger partial charge is 0.496 e. The van der Waals surface area contributed by atoms with Gasteiger partial charge in [-0.25, -0.2) is 0 Å². The van der Waals surface area contributed by atoms with Crippen LogP contribution in [0.1, 0.15) is 11.1 Å². The third-order valence-electron chi connectivity index (χ3n) is 2.63. The highest BCUT2D eigenvalue weighted by Crippen LogP contribution is 2.22. The molecule has 0 radical (unpaired) electrons. The zero-order chi connectivity index (χ0) is 13.0. The number of methoxy groups -OCH3 is 1. The van der Waals surface area contributed by atoms with Crippen LogP contribution in [-0.2, 0) is 6.61 Å². The summed E-state index contributed by atoms with van der Waals surface area (Å²) in [6.45, 7) is 2.58. The van der Waals surface area contributed by atoms with Crippen LogP contribution in [-0.4, -0.2) is 7.11 Å². The lowest BCUT2D eigenvalue weighted by molar-refractivity contribution is 0.296. The maximum atomic E-state index is 5.79. The van der Waals surface area contributed by atoms with E-state index in [1.165, 1.54) is 9.13 Å². The summed E-state index contributed by atoms with van der Waals surface area (Å²) in [5.41, 5.74) is 2.27. The van der Waals surface area contributed by atoms with Crippen molar-refractivity contribution in [1.29, 1.82) is 0 Å². The summed E-state index contributed by atoms with van der Waals surface area (Å²) in [5, 5.41) is 0. The fourth-order valence-corrected chi connectivity index (χ4v) is 2.25. The normalized spacial score (nSPS) is 10.2. The molecule has 3 heteroatoms. The molecule has 0 aliphatic rings. The van der Waals surface area contributed by atoms with Gasteiger partial charge < -0.3 is 9.47 Å². The number of hydrogen-bond acceptors (Lipinski definition) is 2. The lowest BCUT2D eigenvalue weighted by Gasteiger charge is -2.11. The average Bonchev–Trinajstić information content (AvgIpc) is 2.37. The molecule has 0 fully saturated rings. The average molecular weight is 354 g/mol. The molecule has 2 aromatic carbocycles. The molecule has 0 amide bonds. The lowest BCUT2D eigenvalue weighted by atomic mass is 10.1. The van der Waals surface area contributed by atoms with Crippen LogP contribution in [0.4, 0.5) is 0 Å². The highest BCUT2D eigenvalue weighted by atomic mass is 127. The minimum atomic E-state index is 0.519. The van der Waals surface area contributed by atoms with Gasteiger partial charge in [-0.3, -0.25) is 0 Å². The van der Waals surface area contributed by atoms with E-state index in [1.54, 1.807) is 7.11 Å². The SMILES string of the molecule is COc1ccc(C)cc1COc1cccc(I)c1. The summed E-state index contributed by atoms with van der Waals surface area (Å²) in [6, 6.07) is 14.1. The molecule has 18 heavy (non-hydrogen) atoms. The molecule has 94 valence electrons. The smallest absolute Gasteiger partial charge is 0.125 e. The van der Waals surface area contributed by atoms with Gasteiger partial charge >= 0.3 is 0 Å². The van der Waals surface area contributed by atoms with Crippen LogP contribution in [0, 0.1) is 10.5 Å². The molecule has 0 heterocycles. The number of rotatable bonds is 4. The van der Waals surface area contributed by atoms with E-state index in [9.17, 15) is 0 Å². The number of benzene rings is 2. The van der Waals surface area contributed by atoms with Gasteiger partial charge in [-0.2, -0.15) is 0 Å². The van der Waals surface area contributed by atoms with Gasteiger partial charge in [0, 0.05) is 9.13 Å². The summed E-state index contributed by atoms with van der Waals surface area (Å²) < 4.78 is 12.3. The first-order valence-electron chi connectivity index (χ1n) is 5.71. The number of aryl methyl sites for hydroxylation is 1. The van der Waals surface area contributed by atoms with Crippen molar-refractivity contribution in [1.82, 2.24) is 0 Å². The van der Waals surface area contributed by atoms with Gasteiger partial charge in [0.15, 0.2) is 0 Å². The van der Waals surface area contributed by atoms with Gasteiger partial charge in [-0.15, -0.1) is 0 Å². The predicted octanol–water partition coefficient (Wildman–Crippen LogP) is 4.19. The number of hydrogen-bond donors (Lipinski definition) is 0. The zero-order valence-electron chi connectivity index (χ0n) is 10.4. The number of ether oxygens (including phenoxy) is 2. The molecular formula is C15H15IO2. The van der Waals surface area contributed by atoms with E-state index >= 15 is 0 Å². The van der Waals surface area contributed by atoms with E-state index in [0.29, 0.717) is 6.61 Å². The predicted molar refractivity (Wildman–Crippen MR) is 81.2 cm³/mol. The molecule has 0 atom stereocenters. The van der Waals surface area contributed by atoms with Crippen molar-refractivity contribution in [3.63, 3.8) is 0 Å². The quantitative estimate of drug-likeness (QED) is 0.767. The molecule has 0 bridgehead atoms. The van der Waals surface area contributed by atoms with Crippen LogP contribution in [0.15, 0.2) is 42.5 Å². The first-order chi connectivity index (χ1) is 8.69. The Kier molecular flexibility index (Phi) is 4.47. The second-order valence-corrected chi connectivity index (χ2v) is 5.31. The van der Waals surface area contributed by atoms with Crippen molar-refractivity contribution < 1.29 is 9.47 Å². The van der Waals surface area contributed by atoms with Crippen LogP contribution < -0.4 is 9.47 Å². The fourth-order valence-electron chi connectivity index (χ4n) is 1.74. The Morgan fingerprint density at radius 2 is 1.94 bits per heavy atom. The molecule has 0 aromatic heterocycles. The minimum Gasteiger partial charge on any atom is -0.496 e. The van der Waals surface area contributed by atoms with Crippen molar-refractivity contribution in [2.45, 2.75) is 13.5 Å². The molecular weight excluding hydrogens is 339 g/mol. The Labute approximate surface area is 121 Å². The van der Waals surface area contributed by atoms with E-state index in [4.69, 9.17) is 9.47 Å². The molecule has 0 saturated carbocycles. The Bertz CT molecular complexity index is 538. The van der Waals surface area contributed by atoms with Gasteiger partial charge in [-0.1, -0.05) is 17.7 Å². The molecule has 0 aliphatic carbocycles. The van der Waals surface area contributed by atoms with Crippen LogP contribution in [0.2, 0.25) is 0 Å². The Morgan fingerprint density at radius 3 is 2.67 bits per heavy atom. The Hall–Kier alpha value is -1.23. The first kappa shape index (κ1) is 13.2. The van der Waals surface area contributed by atoms with E-state index in [2.05, 4.69) is 35.6 Å². The topological polar surface area (TPSA) is 18.5 Å². The second-order valence-electron chi connectivity index (χ2n) is 4.06. The van der Waals surface area contributed by atoms with E-state index < -0.39 is 0 Å². The molecule has 0 aliphatic heterocycles. The Balaban J connectivity index is 2.12. The van der Waals surface area contributed by atoms with Crippen LogP contribution in [0.25, 0.3) is 0 Å². The monoisotopic (exact) mass is 354 g/mol. The van der Waals surface area contributed by atoms with Crippen LogP contribution in [0.5, 0.6) is 11.5 Å². The van der Waals surface area contributed by atoms with Crippen molar-refractivity contribution in [3.8, 4) is 11.5 Å². The van der Waals surface area contributed by atoms with Crippen LogP contribution in [0.3, 0.4) is 0 Å². The summed E-state index contributed by atoms with van der Waals surface area (Å²) in [7, 11) is 1.68. The summed E-state index contributed by atoms with van der Waals surface area (Å²) >= 11 is 2.27. The number of halogens is 1. The molecule has 0 saturated heterocycles. The summed E-state index contributed by atoms with van der Waals surface area (Å²) in [4.78, 5) is 0. The maximum absolute atomic E-state index is 5.79. The van der Waals surface area contributed by atoms with Crippen molar-refractivity contribution in [3.05, 3.63) is 57.2 Å². The van der Waals surface area contributed by atoms with Crippen LogP contribution >= 0.6 is 22.6 Å². The summed E-state index contributed by atoms with van der Waals surface area (Å²) in [5.74, 6) is 1.75. The molecule has 0 spiro atoms. The van der Waals surface area contributed by atoms with Gasteiger partial charge in [-0.05, 0) is 59.8 Å².